The maximum absolute atomic E-state index is 11.9. The van der Waals surface area contributed by atoms with Crippen LogP contribution in [0.2, 0.25) is 0 Å². The molecule has 8 nitrogen and oxygen atoms in total. The lowest BCUT2D eigenvalue weighted by Crippen LogP contribution is -2.28. The Morgan fingerprint density at radius 2 is 1.83 bits per heavy atom. The summed E-state index contributed by atoms with van der Waals surface area (Å²) in [6.07, 6.45) is 1.50. The normalized spacial score (nSPS) is 10.1. The lowest BCUT2D eigenvalue weighted by molar-refractivity contribution is 0.0958. The SMILES string of the molecule is CNC(=O)c1cc(Oc2ccc(CNC(=O)Nc3cccc(O)c3)cc2)ccn1. The zero-order chi connectivity index (χ0) is 20.6. The van der Waals surface area contributed by atoms with Gasteiger partial charge in [-0.25, -0.2) is 4.79 Å². The van der Waals surface area contributed by atoms with Crippen LogP contribution >= 0.6 is 0 Å². The van der Waals surface area contributed by atoms with Gasteiger partial charge in [-0.2, -0.15) is 0 Å². The first-order chi connectivity index (χ1) is 14.0. The lowest BCUT2D eigenvalue weighted by Gasteiger charge is -2.10. The minimum Gasteiger partial charge on any atom is -0.508 e. The number of nitrogens with one attached hydrogen (secondary N) is 3. The highest BCUT2D eigenvalue weighted by Gasteiger charge is 2.07. The third kappa shape index (κ3) is 5.70. The number of benzene rings is 2. The summed E-state index contributed by atoms with van der Waals surface area (Å²) >= 11 is 0. The predicted molar refractivity (Wildman–Crippen MR) is 108 cm³/mol. The molecular weight excluding hydrogens is 372 g/mol. The summed E-state index contributed by atoms with van der Waals surface area (Å²) in [6, 6.07) is 16.3. The second-order valence-corrected chi connectivity index (χ2v) is 6.06. The van der Waals surface area contributed by atoms with Crippen molar-refractivity contribution in [1.29, 1.82) is 0 Å². The first-order valence-electron chi connectivity index (χ1n) is 8.82. The van der Waals surface area contributed by atoms with Gasteiger partial charge in [0.15, 0.2) is 0 Å². The second-order valence-electron chi connectivity index (χ2n) is 6.06. The van der Waals surface area contributed by atoms with Crippen LogP contribution in [-0.2, 0) is 6.54 Å². The van der Waals surface area contributed by atoms with Gasteiger partial charge in [0.1, 0.15) is 22.9 Å². The number of phenolic OH excluding ortho intramolecular Hbond substituents is 1. The van der Waals surface area contributed by atoms with Crippen LogP contribution in [0, 0.1) is 0 Å². The van der Waals surface area contributed by atoms with Crippen LogP contribution in [0.25, 0.3) is 0 Å². The van der Waals surface area contributed by atoms with Gasteiger partial charge in [0.05, 0.1) is 0 Å². The third-order valence-corrected chi connectivity index (χ3v) is 3.91. The number of amides is 3. The van der Waals surface area contributed by atoms with E-state index in [-0.39, 0.29) is 23.4 Å². The fourth-order valence-corrected chi connectivity index (χ4v) is 2.48. The molecule has 3 aromatic rings. The van der Waals surface area contributed by atoms with E-state index in [0.717, 1.165) is 5.56 Å². The standard InChI is InChI=1S/C21H20N4O4/c1-22-20(27)19-12-18(9-10-23-19)29-17-7-5-14(6-8-17)13-24-21(28)25-15-3-2-4-16(26)11-15/h2-12,26H,13H2,1H3,(H,22,27)(H2,24,25,28). The van der Waals surface area contributed by atoms with E-state index < -0.39 is 0 Å². The molecule has 0 saturated carbocycles. The molecule has 0 saturated heterocycles. The summed E-state index contributed by atoms with van der Waals surface area (Å²) < 4.78 is 5.74. The summed E-state index contributed by atoms with van der Waals surface area (Å²) in [7, 11) is 1.54. The Kier molecular flexibility index (Phi) is 6.26. The monoisotopic (exact) mass is 392 g/mol. The summed E-state index contributed by atoms with van der Waals surface area (Å²) in [6.45, 7) is 0.320. The number of hydrogen-bond acceptors (Lipinski definition) is 5. The van der Waals surface area contributed by atoms with Gasteiger partial charge in [0, 0.05) is 37.6 Å². The van der Waals surface area contributed by atoms with Crippen LogP contribution in [-0.4, -0.2) is 29.1 Å². The molecule has 2 aromatic carbocycles. The van der Waals surface area contributed by atoms with E-state index in [0.29, 0.717) is 23.7 Å². The largest absolute Gasteiger partial charge is 0.508 e. The molecule has 1 heterocycles. The molecule has 3 rings (SSSR count). The Bertz CT molecular complexity index is 1010. The van der Waals surface area contributed by atoms with Gasteiger partial charge in [0.2, 0.25) is 0 Å². The van der Waals surface area contributed by atoms with Crippen molar-refractivity contribution < 1.29 is 19.4 Å². The average molecular weight is 392 g/mol. The van der Waals surface area contributed by atoms with Crippen molar-refractivity contribution in [3.8, 4) is 17.2 Å². The Balaban J connectivity index is 1.53. The van der Waals surface area contributed by atoms with Gasteiger partial charge >= 0.3 is 6.03 Å². The maximum atomic E-state index is 11.9. The van der Waals surface area contributed by atoms with Crippen molar-refractivity contribution in [2.24, 2.45) is 0 Å². The minimum absolute atomic E-state index is 0.0787. The molecule has 148 valence electrons. The molecule has 0 bridgehead atoms. The van der Waals surface area contributed by atoms with E-state index in [9.17, 15) is 14.7 Å². The van der Waals surface area contributed by atoms with Crippen molar-refractivity contribution in [2.45, 2.75) is 6.54 Å². The Morgan fingerprint density at radius 1 is 1.03 bits per heavy atom. The van der Waals surface area contributed by atoms with Crippen LogP contribution < -0.4 is 20.7 Å². The Labute approximate surface area is 167 Å². The van der Waals surface area contributed by atoms with Gasteiger partial charge in [0.25, 0.3) is 5.91 Å². The number of aromatic nitrogens is 1. The van der Waals surface area contributed by atoms with Crippen molar-refractivity contribution >= 4 is 17.6 Å². The van der Waals surface area contributed by atoms with Gasteiger partial charge in [-0.05, 0) is 35.9 Å². The van der Waals surface area contributed by atoms with Crippen molar-refractivity contribution in [3.63, 3.8) is 0 Å². The molecule has 4 N–H and O–H groups in total. The van der Waals surface area contributed by atoms with Gasteiger partial charge in [-0.15, -0.1) is 0 Å². The Hall–Kier alpha value is -4.07. The number of rotatable bonds is 6. The number of carbonyl (C=O) groups excluding carboxylic acids is 2. The molecule has 0 aliphatic carbocycles. The van der Waals surface area contributed by atoms with E-state index >= 15 is 0 Å². The maximum Gasteiger partial charge on any atom is 0.319 e. The average Bonchev–Trinajstić information content (AvgIpc) is 2.73. The van der Waals surface area contributed by atoms with Gasteiger partial charge in [-0.3, -0.25) is 9.78 Å². The zero-order valence-electron chi connectivity index (χ0n) is 15.7. The van der Waals surface area contributed by atoms with Crippen LogP contribution in [0.4, 0.5) is 10.5 Å². The molecule has 0 fully saturated rings. The molecule has 0 unspecified atom stereocenters. The molecule has 8 heteroatoms. The van der Waals surface area contributed by atoms with Crippen LogP contribution in [0.1, 0.15) is 16.1 Å². The van der Waals surface area contributed by atoms with Gasteiger partial charge in [-0.1, -0.05) is 18.2 Å². The first-order valence-corrected chi connectivity index (χ1v) is 8.82. The third-order valence-electron chi connectivity index (χ3n) is 3.91. The summed E-state index contributed by atoms with van der Waals surface area (Å²) in [4.78, 5) is 27.6. The topological polar surface area (TPSA) is 113 Å². The molecule has 0 aliphatic heterocycles. The van der Waals surface area contributed by atoms with Crippen molar-refractivity contribution in [3.05, 3.63) is 78.1 Å². The number of anilines is 1. The van der Waals surface area contributed by atoms with Crippen LogP contribution in [0.5, 0.6) is 17.2 Å². The molecule has 0 aliphatic rings. The number of hydrogen-bond donors (Lipinski definition) is 4. The van der Waals surface area contributed by atoms with Crippen molar-refractivity contribution in [1.82, 2.24) is 15.6 Å². The summed E-state index contributed by atoms with van der Waals surface area (Å²) in [5.74, 6) is 0.873. The molecule has 0 atom stereocenters. The molecule has 0 spiro atoms. The van der Waals surface area contributed by atoms with Crippen molar-refractivity contribution in [2.75, 3.05) is 12.4 Å². The molecule has 3 amide bonds. The fraction of sp³-hybridized carbons (Fsp3) is 0.0952. The number of urea groups is 1. The number of carbonyl (C=O) groups is 2. The number of ether oxygens (including phenoxy) is 1. The fourth-order valence-electron chi connectivity index (χ4n) is 2.48. The molecule has 29 heavy (non-hydrogen) atoms. The van der Waals surface area contributed by atoms with Crippen LogP contribution in [0.15, 0.2) is 66.9 Å². The number of nitrogens with zero attached hydrogens (tertiary/aromatic N) is 1. The number of phenols is 1. The molecule has 1 aromatic heterocycles. The zero-order valence-corrected chi connectivity index (χ0v) is 15.7. The quantitative estimate of drug-likeness (QED) is 0.514. The van der Waals surface area contributed by atoms with E-state index in [2.05, 4.69) is 20.9 Å². The van der Waals surface area contributed by atoms with E-state index in [4.69, 9.17) is 4.74 Å². The van der Waals surface area contributed by atoms with E-state index in [1.54, 1.807) is 36.4 Å². The lowest BCUT2D eigenvalue weighted by atomic mass is 10.2. The second kappa shape index (κ2) is 9.23. The van der Waals surface area contributed by atoms with Gasteiger partial charge < -0.3 is 25.8 Å². The first kappa shape index (κ1) is 19.7. The molecule has 0 radical (unpaired) electrons. The van der Waals surface area contributed by atoms with E-state index in [1.807, 2.05) is 12.1 Å². The highest BCUT2D eigenvalue weighted by molar-refractivity contribution is 5.92. The van der Waals surface area contributed by atoms with E-state index in [1.165, 1.54) is 25.4 Å². The Morgan fingerprint density at radius 3 is 2.55 bits per heavy atom. The molecular formula is C21H20N4O4. The highest BCUT2D eigenvalue weighted by atomic mass is 16.5. The highest BCUT2D eigenvalue weighted by Crippen LogP contribution is 2.22. The smallest absolute Gasteiger partial charge is 0.319 e. The summed E-state index contributed by atoms with van der Waals surface area (Å²) in [5.41, 5.74) is 1.65. The predicted octanol–water partition coefficient (Wildman–Crippen LogP) is 3.26. The number of aromatic hydroxyl groups is 1. The van der Waals surface area contributed by atoms with Crippen LogP contribution in [0.3, 0.4) is 0 Å². The minimum atomic E-state index is -0.380. The number of pyridine rings is 1. The summed E-state index contributed by atoms with van der Waals surface area (Å²) in [5, 5.41) is 17.3.